The number of carbonyl (C=O) groups is 2. The minimum Gasteiger partial charge on any atom is -0.326 e. The molecule has 0 unspecified atom stereocenters. The molecule has 0 aliphatic carbocycles. The number of hydrogen-bond donors (Lipinski definition) is 1. The van der Waals surface area contributed by atoms with Gasteiger partial charge >= 0.3 is 6.03 Å². The van der Waals surface area contributed by atoms with Gasteiger partial charge in [-0.1, -0.05) is 23.7 Å². The Hall–Kier alpha value is -1.59. The lowest BCUT2D eigenvalue weighted by molar-refractivity contribution is -0.127. The quantitative estimate of drug-likeness (QED) is 0.867. The van der Waals surface area contributed by atoms with Gasteiger partial charge in [0.2, 0.25) is 0 Å². The lowest BCUT2D eigenvalue weighted by atomic mass is 10.0. The van der Waals surface area contributed by atoms with Crippen molar-refractivity contribution in [1.82, 2.24) is 15.1 Å². The second-order valence-corrected chi connectivity index (χ2v) is 6.37. The van der Waals surface area contributed by atoms with Gasteiger partial charge in [0.15, 0.2) is 0 Å². The molecule has 0 saturated carbocycles. The van der Waals surface area contributed by atoms with Crippen molar-refractivity contribution in [2.45, 2.75) is 31.8 Å². The van der Waals surface area contributed by atoms with Crippen molar-refractivity contribution in [3.8, 4) is 0 Å². The van der Waals surface area contributed by atoms with E-state index in [-0.39, 0.29) is 18.0 Å². The highest BCUT2D eigenvalue weighted by atomic mass is 35.5. The van der Waals surface area contributed by atoms with Crippen LogP contribution in [0, 0.1) is 0 Å². The van der Waals surface area contributed by atoms with Crippen molar-refractivity contribution in [1.29, 1.82) is 0 Å². The molecule has 6 heteroatoms. The van der Waals surface area contributed by atoms with E-state index in [9.17, 15) is 9.59 Å². The Morgan fingerprint density at radius 1 is 1.32 bits per heavy atom. The Bertz CT molecular complexity index is 587. The molecule has 3 amide bonds. The van der Waals surface area contributed by atoms with Crippen LogP contribution in [0.25, 0.3) is 0 Å². The van der Waals surface area contributed by atoms with Gasteiger partial charge in [0, 0.05) is 5.02 Å². The molecule has 2 aliphatic heterocycles. The third kappa shape index (κ3) is 2.96. The minimum absolute atomic E-state index is 0.00111. The Balaban J connectivity index is 1.86. The molecular formula is C16H20ClN3O2. The molecule has 3 rings (SSSR count). The number of likely N-dealkylation sites (tertiary alicyclic amines) is 1. The number of imide groups is 1. The first kappa shape index (κ1) is 15.3. The van der Waals surface area contributed by atoms with E-state index in [0.29, 0.717) is 11.6 Å². The maximum atomic E-state index is 12.2. The molecule has 2 atom stereocenters. The summed E-state index contributed by atoms with van der Waals surface area (Å²) in [6.07, 6.45) is 2.29. The maximum absolute atomic E-state index is 12.2. The molecule has 1 aromatic carbocycles. The largest absolute Gasteiger partial charge is 0.326 e. The van der Waals surface area contributed by atoms with Gasteiger partial charge in [-0.25, -0.2) is 4.79 Å². The second kappa shape index (κ2) is 6.26. The lowest BCUT2D eigenvalue weighted by Gasteiger charge is -2.30. The zero-order chi connectivity index (χ0) is 15.7. The fourth-order valence-electron chi connectivity index (χ4n) is 3.20. The lowest BCUT2D eigenvalue weighted by Crippen LogP contribution is -2.40. The summed E-state index contributed by atoms with van der Waals surface area (Å²) in [5, 5.41) is 3.34. The Morgan fingerprint density at radius 2 is 2.05 bits per heavy atom. The number of hydrogen-bond acceptors (Lipinski definition) is 3. The van der Waals surface area contributed by atoms with E-state index in [1.165, 1.54) is 4.90 Å². The predicted octanol–water partition coefficient (Wildman–Crippen LogP) is 2.42. The monoisotopic (exact) mass is 321 g/mol. The summed E-state index contributed by atoms with van der Waals surface area (Å²) in [6.45, 7) is 4.05. The third-order valence-electron chi connectivity index (χ3n) is 4.39. The zero-order valence-electron chi connectivity index (χ0n) is 12.6. The zero-order valence-corrected chi connectivity index (χ0v) is 13.3. The van der Waals surface area contributed by atoms with E-state index in [1.54, 1.807) is 6.92 Å². The average molecular weight is 322 g/mol. The fraction of sp³-hybridized carbons (Fsp3) is 0.500. The highest BCUT2D eigenvalue weighted by Crippen LogP contribution is 2.28. The van der Waals surface area contributed by atoms with E-state index in [0.717, 1.165) is 31.5 Å². The molecular weight excluding hydrogens is 302 g/mol. The molecule has 2 fully saturated rings. The van der Waals surface area contributed by atoms with Crippen LogP contribution in [0.15, 0.2) is 24.3 Å². The summed E-state index contributed by atoms with van der Waals surface area (Å²) in [5.74, 6) is -0.156. The van der Waals surface area contributed by atoms with Crippen LogP contribution >= 0.6 is 11.6 Å². The Morgan fingerprint density at radius 3 is 2.64 bits per heavy atom. The summed E-state index contributed by atoms with van der Waals surface area (Å²) in [7, 11) is 0. The van der Waals surface area contributed by atoms with E-state index in [4.69, 9.17) is 11.6 Å². The van der Waals surface area contributed by atoms with E-state index in [2.05, 4.69) is 10.2 Å². The number of rotatable bonds is 4. The van der Waals surface area contributed by atoms with Crippen LogP contribution in [-0.4, -0.2) is 47.4 Å². The normalized spacial score (nSPS) is 23.9. The van der Waals surface area contributed by atoms with Gasteiger partial charge in [0.25, 0.3) is 5.91 Å². The fourth-order valence-corrected chi connectivity index (χ4v) is 3.40. The molecule has 2 aliphatic rings. The van der Waals surface area contributed by atoms with Crippen molar-refractivity contribution >= 4 is 23.5 Å². The van der Waals surface area contributed by atoms with Gasteiger partial charge in [0.1, 0.15) is 6.04 Å². The first-order chi connectivity index (χ1) is 10.6. The minimum atomic E-state index is -0.439. The van der Waals surface area contributed by atoms with E-state index >= 15 is 0 Å². The van der Waals surface area contributed by atoms with E-state index in [1.807, 2.05) is 24.3 Å². The van der Waals surface area contributed by atoms with Crippen molar-refractivity contribution in [3.05, 3.63) is 34.9 Å². The summed E-state index contributed by atoms with van der Waals surface area (Å²) in [6, 6.07) is 6.94. The highest BCUT2D eigenvalue weighted by molar-refractivity contribution is 6.30. The maximum Gasteiger partial charge on any atom is 0.324 e. The summed E-state index contributed by atoms with van der Waals surface area (Å²) < 4.78 is 0. The van der Waals surface area contributed by atoms with E-state index < -0.39 is 6.04 Å². The standard InChI is InChI=1S/C16H20ClN3O2/c1-11-15(21)20(16(22)18-11)10-14(19-7-2-3-8-19)12-5-4-6-13(17)9-12/h4-6,9,11,14H,2-3,7-8,10H2,1H3,(H,18,22)/t11-,14+/m1/s1. The van der Waals surface area contributed by atoms with Crippen LogP contribution < -0.4 is 5.32 Å². The number of benzene rings is 1. The summed E-state index contributed by atoms with van der Waals surface area (Å²) in [4.78, 5) is 27.8. The number of halogens is 1. The number of amides is 3. The first-order valence-electron chi connectivity index (χ1n) is 7.67. The molecule has 118 valence electrons. The smallest absolute Gasteiger partial charge is 0.324 e. The molecule has 2 heterocycles. The van der Waals surface area contributed by atoms with Crippen molar-refractivity contribution in [2.24, 2.45) is 0 Å². The van der Waals surface area contributed by atoms with Gasteiger partial charge in [-0.15, -0.1) is 0 Å². The highest BCUT2D eigenvalue weighted by Gasteiger charge is 2.38. The molecule has 2 saturated heterocycles. The molecule has 22 heavy (non-hydrogen) atoms. The third-order valence-corrected chi connectivity index (χ3v) is 4.63. The molecule has 0 radical (unpaired) electrons. The molecule has 0 spiro atoms. The molecule has 0 aromatic heterocycles. The van der Waals surface area contributed by atoms with Crippen molar-refractivity contribution in [2.75, 3.05) is 19.6 Å². The van der Waals surface area contributed by atoms with Crippen LogP contribution in [0.2, 0.25) is 5.02 Å². The Labute approximate surface area is 135 Å². The molecule has 1 aromatic rings. The van der Waals surface area contributed by atoms with Crippen LogP contribution in [0.4, 0.5) is 4.79 Å². The Kier molecular flexibility index (Phi) is 4.36. The van der Waals surface area contributed by atoms with Gasteiger partial charge in [0.05, 0.1) is 12.6 Å². The number of urea groups is 1. The van der Waals surface area contributed by atoms with Gasteiger partial charge in [-0.05, 0) is 50.6 Å². The predicted molar refractivity (Wildman–Crippen MR) is 84.7 cm³/mol. The topological polar surface area (TPSA) is 52.7 Å². The summed E-state index contributed by atoms with van der Waals surface area (Å²) >= 11 is 6.11. The number of nitrogens with one attached hydrogen (secondary N) is 1. The number of nitrogens with zero attached hydrogens (tertiary/aromatic N) is 2. The van der Waals surface area contributed by atoms with Crippen LogP contribution in [0.3, 0.4) is 0 Å². The van der Waals surface area contributed by atoms with Crippen LogP contribution in [0.5, 0.6) is 0 Å². The molecule has 1 N–H and O–H groups in total. The second-order valence-electron chi connectivity index (χ2n) is 5.93. The van der Waals surface area contributed by atoms with Crippen molar-refractivity contribution < 1.29 is 9.59 Å². The first-order valence-corrected chi connectivity index (χ1v) is 8.05. The average Bonchev–Trinajstić information content (AvgIpc) is 3.08. The molecule has 5 nitrogen and oxygen atoms in total. The SMILES string of the molecule is C[C@H]1NC(=O)N(C[C@@H](c2cccc(Cl)c2)N2CCCC2)C1=O. The van der Waals surface area contributed by atoms with Gasteiger partial charge in [-0.3, -0.25) is 14.6 Å². The van der Waals surface area contributed by atoms with Gasteiger partial charge in [-0.2, -0.15) is 0 Å². The number of carbonyl (C=O) groups excluding carboxylic acids is 2. The molecule has 0 bridgehead atoms. The van der Waals surface area contributed by atoms with Crippen molar-refractivity contribution in [3.63, 3.8) is 0 Å². The van der Waals surface area contributed by atoms with Crippen LogP contribution in [-0.2, 0) is 4.79 Å². The van der Waals surface area contributed by atoms with Crippen LogP contribution in [0.1, 0.15) is 31.4 Å². The van der Waals surface area contributed by atoms with Gasteiger partial charge < -0.3 is 5.32 Å². The summed E-state index contributed by atoms with van der Waals surface area (Å²) in [5.41, 5.74) is 1.05.